The van der Waals surface area contributed by atoms with Crippen molar-refractivity contribution in [1.82, 2.24) is 10.2 Å². The number of methoxy groups -OCH3 is 1. The second-order valence-electron chi connectivity index (χ2n) is 10.6. The van der Waals surface area contributed by atoms with E-state index in [9.17, 15) is 18.0 Å². The van der Waals surface area contributed by atoms with Gasteiger partial charge >= 0.3 is 0 Å². The normalized spacial score (nSPS) is 12.1. The quantitative estimate of drug-likeness (QED) is 0.264. The monoisotopic (exact) mass is 613 g/mol. The first-order valence-electron chi connectivity index (χ1n) is 13.9. The highest BCUT2D eigenvalue weighted by molar-refractivity contribution is 7.92. The first kappa shape index (κ1) is 32.9. The summed E-state index contributed by atoms with van der Waals surface area (Å²) in [6.07, 6.45) is 1.74. The van der Waals surface area contributed by atoms with Crippen molar-refractivity contribution in [3.8, 4) is 5.75 Å². The Kier molecular flexibility index (Phi) is 11.8. The zero-order valence-electron chi connectivity index (χ0n) is 24.8. The van der Waals surface area contributed by atoms with E-state index >= 15 is 0 Å². The van der Waals surface area contributed by atoms with Crippen molar-refractivity contribution in [3.05, 3.63) is 94.5 Å². The first-order chi connectivity index (χ1) is 19.9. The van der Waals surface area contributed by atoms with Crippen molar-refractivity contribution < 1.29 is 22.7 Å². The predicted octanol–water partition coefficient (Wildman–Crippen LogP) is 5.37. The Labute approximate surface area is 254 Å². The molecule has 0 saturated heterocycles. The number of halogens is 1. The van der Waals surface area contributed by atoms with E-state index in [4.69, 9.17) is 16.3 Å². The molecule has 0 bridgehead atoms. The van der Waals surface area contributed by atoms with Crippen molar-refractivity contribution in [3.63, 3.8) is 0 Å². The van der Waals surface area contributed by atoms with Crippen LogP contribution in [0.25, 0.3) is 0 Å². The minimum Gasteiger partial charge on any atom is -0.497 e. The lowest BCUT2D eigenvalue weighted by Crippen LogP contribution is -2.51. The van der Waals surface area contributed by atoms with Crippen LogP contribution in [-0.2, 0) is 32.6 Å². The van der Waals surface area contributed by atoms with Gasteiger partial charge in [-0.05, 0) is 68.1 Å². The van der Waals surface area contributed by atoms with Crippen LogP contribution >= 0.6 is 11.6 Å². The summed E-state index contributed by atoms with van der Waals surface area (Å²) in [7, 11) is -2.07. The topological polar surface area (TPSA) is 96.0 Å². The van der Waals surface area contributed by atoms with Crippen LogP contribution in [0.5, 0.6) is 5.75 Å². The molecule has 0 aromatic heterocycles. The molecule has 226 valence electrons. The summed E-state index contributed by atoms with van der Waals surface area (Å²) < 4.78 is 32.1. The molecule has 2 amide bonds. The largest absolute Gasteiger partial charge is 0.497 e. The summed E-state index contributed by atoms with van der Waals surface area (Å²) in [5, 5.41) is 3.40. The van der Waals surface area contributed by atoms with Crippen LogP contribution in [0.1, 0.15) is 43.4 Å². The maximum absolute atomic E-state index is 13.9. The van der Waals surface area contributed by atoms with Gasteiger partial charge in [-0.3, -0.25) is 13.9 Å². The molecule has 0 saturated carbocycles. The number of sulfonamides is 1. The van der Waals surface area contributed by atoms with Gasteiger partial charge in [0.2, 0.25) is 21.8 Å². The molecule has 0 spiro atoms. The minimum absolute atomic E-state index is 0.0375. The summed E-state index contributed by atoms with van der Waals surface area (Å²) in [6.45, 7) is 5.83. The Hall–Kier alpha value is -3.56. The van der Waals surface area contributed by atoms with E-state index in [1.165, 1.54) is 4.31 Å². The van der Waals surface area contributed by atoms with Crippen LogP contribution < -0.4 is 14.4 Å². The lowest BCUT2D eigenvalue weighted by molar-refractivity contribution is -0.141. The average Bonchev–Trinajstić information content (AvgIpc) is 2.94. The lowest BCUT2D eigenvalue weighted by atomic mass is 10.0. The molecule has 0 aliphatic heterocycles. The minimum atomic E-state index is -3.64. The van der Waals surface area contributed by atoms with Gasteiger partial charge in [-0.1, -0.05) is 60.1 Å². The fraction of sp³-hybridized carbons (Fsp3) is 0.375. The second-order valence-corrected chi connectivity index (χ2v) is 13.0. The van der Waals surface area contributed by atoms with Gasteiger partial charge in [0.25, 0.3) is 0 Å². The standard InChI is InChI=1S/C32H40ClN3O5S/c1-23(2)34-32(38)30(20-25-11-7-6-8-12-25)35(22-26-13-9-14-28(19-26)41-4)31(37)15-10-18-36(42(5,39)40)29-21-27(33)17-16-24(29)3/h6-9,11-14,16-17,19,21,23,30H,10,15,18,20,22H2,1-5H3,(H,34,38)/t30-/m1/s1. The zero-order chi connectivity index (χ0) is 30.9. The molecule has 0 unspecified atom stereocenters. The molecule has 0 aliphatic rings. The number of carbonyl (C=O) groups excluding carboxylic acids is 2. The maximum Gasteiger partial charge on any atom is 0.243 e. The number of nitrogens with zero attached hydrogens (tertiary/aromatic N) is 2. The predicted molar refractivity (Wildman–Crippen MR) is 168 cm³/mol. The Balaban J connectivity index is 1.92. The number of benzene rings is 3. The van der Waals surface area contributed by atoms with Crippen molar-refractivity contribution in [1.29, 1.82) is 0 Å². The molecular weight excluding hydrogens is 574 g/mol. The van der Waals surface area contributed by atoms with Crippen LogP contribution in [0.4, 0.5) is 5.69 Å². The molecule has 3 aromatic rings. The highest BCUT2D eigenvalue weighted by Crippen LogP contribution is 2.27. The zero-order valence-corrected chi connectivity index (χ0v) is 26.4. The van der Waals surface area contributed by atoms with Crippen LogP contribution in [0.2, 0.25) is 5.02 Å². The summed E-state index contributed by atoms with van der Waals surface area (Å²) in [5.41, 5.74) is 2.96. The van der Waals surface area contributed by atoms with Gasteiger partial charge in [0, 0.05) is 37.0 Å². The van der Waals surface area contributed by atoms with Gasteiger partial charge in [0.05, 0.1) is 19.1 Å². The average molecular weight is 614 g/mol. The Morgan fingerprint density at radius 2 is 1.67 bits per heavy atom. The Morgan fingerprint density at radius 3 is 2.31 bits per heavy atom. The van der Waals surface area contributed by atoms with Crippen molar-refractivity contribution in [2.75, 3.05) is 24.2 Å². The van der Waals surface area contributed by atoms with Gasteiger partial charge in [-0.25, -0.2) is 8.42 Å². The number of aryl methyl sites for hydroxylation is 1. The third-order valence-corrected chi connectivity index (χ3v) is 8.20. The van der Waals surface area contributed by atoms with Gasteiger partial charge in [0.15, 0.2) is 0 Å². The second kappa shape index (κ2) is 15.1. The molecule has 3 rings (SSSR count). The smallest absolute Gasteiger partial charge is 0.243 e. The number of amides is 2. The number of hydrogen-bond acceptors (Lipinski definition) is 5. The molecule has 0 heterocycles. The third-order valence-electron chi connectivity index (χ3n) is 6.78. The highest BCUT2D eigenvalue weighted by atomic mass is 35.5. The Morgan fingerprint density at radius 1 is 0.976 bits per heavy atom. The van der Waals surface area contributed by atoms with E-state index in [0.29, 0.717) is 22.9 Å². The summed E-state index contributed by atoms with van der Waals surface area (Å²) in [4.78, 5) is 29.1. The number of hydrogen-bond donors (Lipinski definition) is 1. The molecular formula is C32H40ClN3O5S. The van der Waals surface area contributed by atoms with E-state index in [1.807, 2.05) is 75.4 Å². The van der Waals surface area contributed by atoms with E-state index in [1.54, 1.807) is 30.2 Å². The molecule has 0 fully saturated rings. The molecule has 42 heavy (non-hydrogen) atoms. The lowest BCUT2D eigenvalue weighted by Gasteiger charge is -2.32. The van der Waals surface area contributed by atoms with Crippen LogP contribution in [0.3, 0.4) is 0 Å². The van der Waals surface area contributed by atoms with E-state index in [-0.39, 0.29) is 43.8 Å². The summed E-state index contributed by atoms with van der Waals surface area (Å²) in [6, 6.07) is 21.1. The van der Waals surface area contributed by atoms with Gasteiger partial charge in [-0.15, -0.1) is 0 Å². The van der Waals surface area contributed by atoms with E-state index in [2.05, 4.69) is 5.32 Å². The van der Waals surface area contributed by atoms with Crippen LogP contribution in [-0.4, -0.2) is 57.1 Å². The molecule has 0 radical (unpaired) electrons. The maximum atomic E-state index is 13.9. The first-order valence-corrected chi connectivity index (χ1v) is 16.1. The van der Waals surface area contributed by atoms with Gasteiger partial charge in [0.1, 0.15) is 11.8 Å². The number of rotatable bonds is 14. The van der Waals surface area contributed by atoms with Crippen molar-refractivity contribution >= 4 is 39.1 Å². The van der Waals surface area contributed by atoms with Gasteiger partial charge in [-0.2, -0.15) is 0 Å². The third kappa shape index (κ3) is 9.49. The molecule has 0 aliphatic carbocycles. The fourth-order valence-corrected chi connectivity index (χ4v) is 5.92. The van der Waals surface area contributed by atoms with E-state index in [0.717, 1.165) is 22.9 Å². The number of nitrogens with one attached hydrogen (secondary N) is 1. The SMILES string of the molecule is COc1cccc(CN(C(=O)CCCN(c2cc(Cl)ccc2C)S(C)(=O)=O)[C@H](Cc2ccccc2)C(=O)NC(C)C)c1. The van der Waals surface area contributed by atoms with Crippen molar-refractivity contribution in [2.45, 2.75) is 58.7 Å². The van der Waals surface area contributed by atoms with Crippen LogP contribution in [0, 0.1) is 6.92 Å². The Bertz CT molecular complexity index is 1460. The number of carbonyl (C=O) groups is 2. The highest BCUT2D eigenvalue weighted by Gasteiger charge is 2.31. The summed E-state index contributed by atoms with van der Waals surface area (Å²) >= 11 is 6.17. The molecule has 8 nitrogen and oxygen atoms in total. The van der Waals surface area contributed by atoms with Crippen LogP contribution in [0.15, 0.2) is 72.8 Å². The summed E-state index contributed by atoms with van der Waals surface area (Å²) in [5.74, 6) is 0.137. The number of ether oxygens (including phenoxy) is 1. The fourth-order valence-electron chi connectivity index (χ4n) is 4.74. The molecule has 1 atom stereocenters. The van der Waals surface area contributed by atoms with Gasteiger partial charge < -0.3 is 15.0 Å². The van der Waals surface area contributed by atoms with Crippen molar-refractivity contribution in [2.24, 2.45) is 0 Å². The molecule has 1 N–H and O–H groups in total. The van der Waals surface area contributed by atoms with E-state index < -0.39 is 16.1 Å². The molecule has 3 aromatic carbocycles. The number of anilines is 1. The molecule has 10 heteroatoms.